The summed E-state index contributed by atoms with van der Waals surface area (Å²) in [6, 6.07) is 16.6. The number of sulfone groups is 1. The van der Waals surface area contributed by atoms with Gasteiger partial charge in [-0.2, -0.15) is 0 Å². The van der Waals surface area contributed by atoms with Gasteiger partial charge < -0.3 is 9.64 Å². The van der Waals surface area contributed by atoms with Gasteiger partial charge in [0.15, 0.2) is 9.84 Å². The Morgan fingerprint density at radius 3 is 2.58 bits per heavy atom. The molecule has 2 aromatic carbocycles. The van der Waals surface area contributed by atoms with Crippen molar-refractivity contribution in [3.05, 3.63) is 65.7 Å². The molecule has 1 aliphatic heterocycles. The number of carbonyl (C=O) groups excluding carboxylic acids is 1. The Kier molecular flexibility index (Phi) is 5.61. The van der Waals surface area contributed by atoms with E-state index < -0.39 is 9.84 Å². The van der Waals surface area contributed by atoms with E-state index in [1.54, 1.807) is 36.3 Å². The Hall–Kier alpha value is -2.34. The molecule has 5 nitrogen and oxygen atoms in total. The zero-order chi connectivity index (χ0) is 18.6. The van der Waals surface area contributed by atoms with Crippen LogP contribution in [0.15, 0.2) is 54.6 Å². The minimum atomic E-state index is -3.07. The van der Waals surface area contributed by atoms with Gasteiger partial charge >= 0.3 is 0 Å². The Morgan fingerprint density at radius 1 is 1.15 bits per heavy atom. The van der Waals surface area contributed by atoms with Crippen LogP contribution < -0.4 is 4.74 Å². The number of ether oxygens (including phenoxy) is 1. The van der Waals surface area contributed by atoms with Gasteiger partial charge in [-0.05, 0) is 36.6 Å². The van der Waals surface area contributed by atoms with E-state index in [0.29, 0.717) is 30.7 Å². The van der Waals surface area contributed by atoms with Gasteiger partial charge in [0, 0.05) is 18.2 Å². The van der Waals surface area contributed by atoms with Gasteiger partial charge in [0.25, 0.3) is 5.91 Å². The van der Waals surface area contributed by atoms with Gasteiger partial charge in [-0.15, -0.1) is 0 Å². The van der Waals surface area contributed by atoms with Gasteiger partial charge in [0.2, 0.25) is 0 Å². The first-order valence-electron chi connectivity index (χ1n) is 8.68. The highest BCUT2D eigenvalue weighted by molar-refractivity contribution is 7.91. The summed E-state index contributed by atoms with van der Waals surface area (Å²) in [6.45, 7) is 0.486. The SMILES string of the molecule is COc1cccc(C(=O)N(CCc2ccccc2)[C@H]2CCS(=O)(=O)C2)c1. The molecular weight excluding hydrogens is 350 g/mol. The summed E-state index contributed by atoms with van der Waals surface area (Å²) in [6.07, 6.45) is 1.18. The normalized spacial score (nSPS) is 18.4. The summed E-state index contributed by atoms with van der Waals surface area (Å²) in [5.41, 5.74) is 1.64. The Bertz CT molecular complexity index is 864. The van der Waals surface area contributed by atoms with E-state index in [4.69, 9.17) is 4.74 Å². The summed E-state index contributed by atoms with van der Waals surface area (Å²) in [5, 5.41) is 0. The van der Waals surface area contributed by atoms with Crippen LogP contribution in [-0.2, 0) is 16.3 Å². The molecule has 1 aliphatic rings. The number of benzene rings is 2. The third-order valence-corrected chi connectivity index (χ3v) is 6.46. The maximum Gasteiger partial charge on any atom is 0.254 e. The van der Waals surface area contributed by atoms with Crippen LogP contribution in [0.25, 0.3) is 0 Å². The van der Waals surface area contributed by atoms with E-state index in [-0.39, 0.29) is 23.5 Å². The van der Waals surface area contributed by atoms with Crippen LogP contribution in [0.5, 0.6) is 5.75 Å². The summed E-state index contributed by atoms with van der Waals surface area (Å²) in [7, 11) is -1.51. The number of nitrogens with zero attached hydrogens (tertiary/aromatic N) is 1. The molecule has 1 heterocycles. The fraction of sp³-hybridized carbons (Fsp3) is 0.350. The molecule has 2 aromatic rings. The maximum atomic E-state index is 13.1. The number of methoxy groups -OCH3 is 1. The molecule has 1 saturated heterocycles. The first-order chi connectivity index (χ1) is 12.5. The number of hydrogen-bond acceptors (Lipinski definition) is 4. The molecule has 6 heteroatoms. The van der Waals surface area contributed by atoms with Gasteiger partial charge in [-0.25, -0.2) is 8.42 Å². The Labute approximate surface area is 154 Å². The molecule has 1 amide bonds. The van der Waals surface area contributed by atoms with E-state index in [1.807, 2.05) is 30.3 Å². The number of carbonyl (C=O) groups is 1. The summed E-state index contributed by atoms with van der Waals surface area (Å²) in [4.78, 5) is 14.8. The molecule has 0 unspecified atom stereocenters. The summed E-state index contributed by atoms with van der Waals surface area (Å²) < 4.78 is 29.0. The lowest BCUT2D eigenvalue weighted by Gasteiger charge is -2.28. The molecule has 26 heavy (non-hydrogen) atoms. The van der Waals surface area contributed by atoms with E-state index >= 15 is 0 Å². The van der Waals surface area contributed by atoms with Gasteiger partial charge in [-0.1, -0.05) is 36.4 Å². The van der Waals surface area contributed by atoms with Crippen molar-refractivity contribution < 1.29 is 17.9 Å². The van der Waals surface area contributed by atoms with E-state index in [0.717, 1.165) is 5.56 Å². The van der Waals surface area contributed by atoms with Crippen LogP contribution in [0.1, 0.15) is 22.3 Å². The van der Waals surface area contributed by atoms with Crippen LogP contribution >= 0.6 is 0 Å². The molecule has 0 aromatic heterocycles. The average molecular weight is 373 g/mol. The number of hydrogen-bond donors (Lipinski definition) is 0. The van der Waals surface area contributed by atoms with Crippen molar-refractivity contribution in [1.82, 2.24) is 4.90 Å². The number of rotatable bonds is 6. The molecule has 0 bridgehead atoms. The highest BCUT2D eigenvalue weighted by Crippen LogP contribution is 2.22. The summed E-state index contributed by atoms with van der Waals surface area (Å²) in [5.74, 6) is 0.641. The molecule has 1 fully saturated rings. The lowest BCUT2D eigenvalue weighted by atomic mass is 10.1. The zero-order valence-corrected chi connectivity index (χ0v) is 15.6. The monoisotopic (exact) mass is 373 g/mol. The quantitative estimate of drug-likeness (QED) is 0.781. The lowest BCUT2D eigenvalue weighted by molar-refractivity contribution is 0.0699. The van der Waals surface area contributed by atoms with Crippen molar-refractivity contribution in [2.45, 2.75) is 18.9 Å². The van der Waals surface area contributed by atoms with Crippen LogP contribution in [0.2, 0.25) is 0 Å². The molecule has 0 aliphatic carbocycles. The van der Waals surface area contributed by atoms with Crippen molar-refractivity contribution in [3.8, 4) is 5.75 Å². The number of amides is 1. The van der Waals surface area contributed by atoms with Crippen molar-refractivity contribution in [2.75, 3.05) is 25.2 Å². The summed E-state index contributed by atoms with van der Waals surface area (Å²) >= 11 is 0. The smallest absolute Gasteiger partial charge is 0.254 e. The molecule has 0 radical (unpaired) electrons. The molecule has 0 N–H and O–H groups in total. The van der Waals surface area contributed by atoms with Crippen molar-refractivity contribution in [1.29, 1.82) is 0 Å². The lowest BCUT2D eigenvalue weighted by Crippen LogP contribution is -2.42. The van der Waals surface area contributed by atoms with Crippen molar-refractivity contribution in [2.24, 2.45) is 0 Å². The van der Waals surface area contributed by atoms with Crippen LogP contribution in [-0.4, -0.2) is 50.4 Å². The Balaban J connectivity index is 1.83. The minimum Gasteiger partial charge on any atom is -0.497 e. The van der Waals surface area contributed by atoms with Gasteiger partial charge in [-0.3, -0.25) is 4.79 Å². The second-order valence-corrected chi connectivity index (χ2v) is 8.75. The predicted octanol–water partition coefficient (Wildman–Crippen LogP) is 2.57. The Morgan fingerprint density at radius 2 is 1.92 bits per heavy atom. The molecule has 1 atom stereocenters. The standard InChI is InChI=1S/C20H23NO4S/c1-25-19-9-5-8-17(14-19)20(22)21(18-11-13-26(23,24)15-18)12-10-16-6-3-2-4-7-16/h2-9,14,18H,10-13,15H2,1H3/t18-/m0/s1. The van der Waals surface area contributed by atoms with Crippen LogP contribution in [0.3, 0.4) is 0 Å². The fourth-order valence-electron chi connectivity index (χ4n) is 3.29. The highest BCUT2D eigenvalue weighted by atomic mass is 32.2. The zero-order valence-electron chi connectivity index (χ0n) is 14.8. The van der Waals surface area contributed by atoms with Crippen LogP contribution in [0.4, 0.5) is 0 Å². The topological polar surface area (TPSA) is 63.7 Å². The second kappa shape index (κ2) is 7.91. The highest BCUT2D eigenvalue weighted by Gasteiger charge is 2.34. The molecule has 3 rings (SSSR count). The molecule has 0 spiro atoms. The van der Waals surface area contributed by atoms with Gasteiger partial charge in [0.1, 0.15) is 5.75 Å². The fourth-order valence-corrected chi connectivity index (χ4v) is 5.02. The average Bonchev–Trinajstić information content (AvgIpc) is 3.02. The van der Waals surface area contributed by atoms with E-state index in [2.05, 4.69) is 0 Å². The third kappa shape index (κ3) is 4.43. The predicted molar refractivity (Wildman–Crippen MR) is 101 cm³/mol. The molecule has 0 saturated carbocycles. The largest absolute Gasteiger partial charge is 0.497 e. The second-order valence-electron chi connectivity index (χ2n) is 6.52. The molecule has 138 valence electrons. The van der Waals surface area contributed by atoms with Crippen molar-refractivity contribution in [3.63, 3.8) is 0 Å². The van der Waals surface area contributed by atoms with E-state index in [9.17, 15) is 13.2 Å². The minimum absolute atomic E-state index is 0.0392. The van der Waals surface area contributed by atoms with Crippen molar-refractivity contribution >= 4 is 15.7 Å². The maximum absolute atomic E-state index is 13.1. The molecular formula is C20H23NO4S. The van der Waals surface area contributed by atoms with Gasteiger partial charge in [0.05, 0.1) is 18.6 Å². The first kappa shape index (κ1) is 18.5. The first-order valence-corrected chi connectivity index (χ1v) is 10.5. The van der Waals surface area contributed by atoms with Crippen LogP contribution in [0, 0.1) is 0 Å². The third-order valence-electron chi connectivity index (χ3n) is 4.71. The van der Waals surface area contributed by atoms with E-state index in [1.165, 1.54) is 0 Å².